The Kier molecular flexibility index (Phi) is 4.94. The van der Waals surface area contributed by atoms with Gasteiger partial charge in [-0.3, -0.25) is 9.48 Å². The van der Waals surface area contributed by atoms with Crippen LogP contribution < -0.4 is 5.32 Å². The Hall–Kier alpha value is -2.01. The van der Waals surface area contributed by atoms with E-state index >= 15 is 0 Å². The fourth-order valence-corrected chi connectivity index (χ4v) is 2.63. The van der Waals surface area contributed by atoms with Gasteiger partial charge in [0, 0.05) is 19.7 Å². The van der Waals surface area contributed by atoms with Crippen molar-refractivity contribution in [3.05, 3.63) is 11.3 Å². The molecule has 1 amide bonds. The highest BCUT2D eigenvalue weighted by molar-refractivity contribution is 7.99. The first-order valence-electron chi connectivity index (χ1n) is 5.43. The Morgan fingerprint density at radius 2 is 2.26 bits per heavy atom. The maximum atomic E-state index is 11.0. The van der Waals surface area contributed by atoms with E-state index in [4.69, 9.17) is 10.4 Å². The number of carboxylic acids is 1. The third kappa shape index (κ3) is 3.72. The monoisotopic (exact) mass is 282 g/mol. The van der Waals surface area contributed by atoms with Gasteiger partial charge in [-0.15, -0.1) is 11.8 Å². The fourth-order valence-electron chi connectivity index (χ4n) is 1.51. The number of rotatable bonds is 5. The number of aliphatic carboxylic acids is 1. The fraction of sp³-hybridized carbons (Fsp3) is 0.455. The van der Waals surface area contributed by atoms with Gasteiger partial charge in [0.25, 0.3) is 0 Å². The van der Waals surface area contributed by atoms with Crippen LogP contribution in [-0.4, -0.2) is 38.6 Å². The molecule has 8 heteroatoms. The van der Waals surface area contributed by atoms with E-state index in [1.807, 2.05) is 6.07 Å². The second-order valence-corrected chi connectivity index (χ2v) is 4.91. The minimum atomic E-state index is -1.11. The van der Waals surface area contributed by atoms with Crippen molar-refractivity contribution in [3.8, 4) is 6.07 Å². The van der Waals surface area contributed by atoms with Gasteiger partial charge < -0.3 is 10.4 Å². The van der Waals surface area contributed by atoms with Crippen LogP contribution in [0.3, 0.4) is 0 Å². The van der Waals surface area contributed by atoms with Crippen LogP contribution in [0.4, 0.5) is 0 Å². The molecule has 0 saturated carbocycles. The van der Waals surface area contributed by atoms with Crippen LogP contribution >= 0.6 is 11.8 Å². The number of nitriles is 1. The third-order valence-electron chi connectivity index (χ3n) is 2.34. The van der Waals surface area contributed by atoms with E-state index in [0.29, 0.717) is 16.3 Å². The molecule has 1 atom stereocenters. The van der Waals surface area contributed by atoms with Crippen molar-refractivity contribution in [2.75, 3.05) is 5.75 Å². The normalized spacial score (nSPS) is 11.7. The molecule has 1 rings (SSSR count). The summed E-state index contributed by atoms with van der Waals surface area (Å²) in [6.45, 7) is 2.97. The van der Waals surface area contributed by atoms with Crippen molar-refractivity contribution in [1.82, 2.24) is 15.1 Å². The Bertz CT molecular complexity index is 547. The SMILES string of the molecule is CC(=O)N[C@@H](CSc1c(C#N)c(C)nn1C)C(=O)O. The summed E-state index contributed by atoms with van der Waals surface area (Å²) in [4.78, 5) is 21.9. The lowest BCUT2D eigenvalue weighted by atomic mass is 10.3. The van der Waals surface area contributed by atoms with Crippen LogP contribution in [0.25, 0.3) is 0 Å². The highest BCUT2D eigenvalue weighted by atomic mass is 32.2. The maximum absolute atomic E-state index is 11.0. The lowest BCUT2D eigenvalue weighted by molar-refractivity contribution is -0.140. The predicted octanol–water partition coefficient (Wildman–Crippen LogP) is 0.282. The zero-order chi connectivity index (χ0) is 14.6. The maximum Gasteiger partial charge on any atom is 0.327 e. The number of hydrogen-bond donors (Lipinski definition) is 2. The second kappa shape index (κ2) is 6.24. The highest BCUT2D eigenvalue weighted by Crippen LogP contribution is 2.24. The van der Waals surface area contributed by atoms with Crippen molar-refractivity contribution < 1.29 is 14.7 Å². The van der Waals surface area contributed by atoms with Gasteiger partial charge in [0.2, 0.25) is 5.91 Å². The summed E-state index contributed by atoms with van der Waals surface area (Å²) in [6, 6.07) is 1.04. The predicted molar refractivity (Wildman–Crippen MR) is 68.6 cm³/mol. The van der Waals surface area contributed by atoms with E-state index in [1.54, 1.807) is 14.0 Å². The highest BCUT2D eigenvalue weighted by Gasteiger charge is 2.21. The Balaban J connectivity index is 2.83. The van der Waals surface area contributed by atoms with Gasteiger partial charge in [0.15, 0.2) is 0 Å². The van der Waals surface area contributed by atoms with Gasteiger partial charge in [-0.05, 0) is 6.92 Å². The first-order valence-corrected chi connectivity index (χ1v) is 6.41. The zero-order valence-electron chi connectivity index (χ0n) is 10.8. The van der Waals surface area contributed by atoms with Gasteiger partial charge in [-0.1, -0.05) is 0 Å². The van der Waals surface area contributed by atoms with Crippen LogP contribution in [0.1, 0.15) is 18.2 Å². The van der Waals surface area contributed by atoms with E-state index < -0.39 is 17.9 Å². The number of aryl methyl sites for hydroxylation is 2. The van der Waals surface area contributed by atoms with E-state index in [1.165, 1.54) is 23.4 Å². The molecule has 7 nitrogen and oxygen atoms in total. The summed E-state index contributed by atoms with van der Waals surface area (Å²) in [5.41, 5.74) is 1.03. The number of nitrogens with zero attached hydrogens (tertiary/aromatic N) is 3. The lowest BCUT2D eigenvalue weighted by Gasteiger charge is -2.12. The molecule has 1 heterocycles. The number of aromatic nitrogens is 2. The number of hydrogen-bond acceptors (Lipinski definition) is 5. The summed E-state index contributed by atoms with van der Waals surface area (Å²) in [5.74, 6) is -1.39. The van der Waals surface area contributed by atoms with Crippen LogP contribution in [0.2, 0.25) is 0 Å². The van der Waals surface area contributed by atoms with E-state index in [2.05, 4.69) is 10.4 Å². The molecule has 0 bridgehead atoms. The molecular formula is C11H14N4O3S. The van der Waals surface area contributed by atoms with Gasteiger partial charge in [-0.2, -0.15) is 10.4 Å². The lowest BCUT2D eigenvalue weighted by Crippen LogP contribution is -2.41. The number of amides is 1. The van der Waals surface area contributed by atoms with Crippen LogP contribution in [-0.2, 0) is 16.6 Å². The van der Waals surface area contributed by atoms with E-state index in [0.717, 1.165) is 0 Å². The molecule has 0 radical (unpaired) electrons. The molecule has 0 aliphatic carbocycles. The molecule has 0 saturated heterocycles. The first-order chi connectivity index (χ1) is 8.86. The average Bonchev–Trinajstić information content (AvgIpc) is 2.57. The van der Waals surface area contributed by atoms with E-state index in [9.17, 15) is 9.59 Å². The van der Waals surface area contributed by atoms with Crippen LogP contribution in [0.5, 0.6) is 0 Å². The van der Waals surface area contributed by atoms with Gasteiger partial charge >= 0.3 is 5.97 Å². The Morgan fingerprint density at radius 1 is 1.63 bits per heavy atom. The summed E-state index contributed by atoms with van der Waals surface area (Å²) < 4.78 is 1.53. The molecular weight excluding hydrogens is 268 g/mol. The standard InChI is InChI=1S/C11H14N4O3S/c1-6-8(4-12)10(15(3)14-6)19-5-9(11(17)18)13-7(2)16/h9H,5H2,1-3H3,(H,13,16)(H,17,18)/t9-/m0/s1. The van der Waals surface area contributed by atoms with Crippen molar-refractivity contribution >= 4 is 23.6 Å². The second-order valence-electron chi connectivity index (χ2n) is 3.90. The molecule has 1 aromatic rings. The van der Waals surface area contributed by atoms with Gasteiger partial charge in [-0.25, -0.2) is 4.79 Å². The minimum Gasteiger partial charge on any atom is -0.480 e. The molecule has 0 aromatic carbocycles. The molecule has 19 heavy (non-hydrogen) atoms. The molecule has 0 fully saturated rings. The number of carbonyl (C=O) groups excluding carboxylic acids is 1. The van der Waals surface area contributed by atoms with Gasteiger partial charge in [0.05, 0.1) is 5.69 Å². The largest absolute Gasteiger partial charge is 0.480 e. The first kappa shape index (κ1) is 15.0. The molecule has 0 aliphatic heterocycles. The summed E-state index contributed by atoms with van der Waals surface area (Å²) in [6.07, 6.45) is 0. The number of nitrogens with one attached hydrogen (secondary N) is 1. The van der Waals surface area contributed by atoms with Gasteiger partial charge in [0.1, 0.15) is 22.7 Å². The molecule has 102 valence electrons. The summed E-state index contributed by atoms with van der Waals surface area (Å²) in [5, 5.41) is 25.1. The molecule has 0 unspecified atom stereocenters. The third-order valence-corrected chi connectivity index (χ3v) is 3.59. The summed E-state index contributed by atoms with van der Waals surface area (Å²) in [7, 11) is 1.68. The summed E-state index contributed by atoms with van der Waals surface area (Å²) >= 11 is 1.18. The topological polar surface area (TPSA) is 108 Å². The van der Waals surface area contributed by atoms with Crippen molar-refractivity contribution in [3.63, 3.8) is 0 Å². The molecule has 0 spiro atoms. The van der Waals surface area contributed by atoms with Crippen molar-refractivity contribution in [1.29, 1.82) is 5.26 Å². The van der Waals surface area contributed by atoms with Crippen molar-refractivity contribution in [2.24, 2.45) is 7.05 Å². The van der Waals surface area contributed by atoms with Crippen LogP contribution in [0, 0.1) is 18.3 Å². The minimum absolute atomic E-state index is 0.128. The number of carbonyl (C=O) groups is 2. The molecule has 0 aliphatic rings. The van der Waals surface area contributed by atoms with Crippen LogP contribution in [0.15, 0.2) is 5.03 Å². The van der Waals surface area contributed by atoms with Crippen molar-refractivity contribution in [2.45, 2.75) is 24.9 Å². The molecule has 1 aromatic heterocycles. The molecule has 2 N–H and O–H groups in total. The number of carboxylic acid groups (broad SMARTS) is 1. The average molecular weight is 282 g/mol. The Labute approximate surface area is 114 Å². The Morgan fingerprint density at radius 3 is 2.74 bits per heavy atom. The van der Waals surface area contributed by atoms with E-state index in [-0.39, 0.29) is 5.75 Å². The number of thioether (sulfide) groups is 1. The zero-order valence-corrected chi connectivity index (χ0v) is 11.6. The smallest absolute Gasteiger partial charge is 0.327 e. The quantitative estimate of drug-likeness (QED) is 0.751.